The van der Waals surface area contributed by atoms with Crippen molar-refractivity contribution in [2.75, 3.05) is 24.5 Å². The highest BCUT2D eigenvalue weighted by atomic mass is 16.3. The van der Waals surface area contributed by atoms with Crippen molar-refractivity contribution in [1.29, 1.82) is 0 Å². The van der Waals surface area contributed by atoms with Crippen molar-refractivity contribution in [2.45, 2.75) is 13.3 Å². The second-order valence-corrected chi connectivity index (χ2v) is 6.75. The fraction of sp³-hybridized carbons (Fsp3) is 0.238. The van der Waals surface area contributed by atoms with Gasteiger partial charge in [-0.3, -0.25) is 9.79 Å². The lowest BCUT2D eigenvalue weighted by Crippen LogP contribution is -2.28. The lowest BCUT2D eigenvalue weighted by molar-refractivity contribution is -0.120. The number of fused-ring (bicyclic) bond motifs is 1. The number of nitrogens with one attached hydrogen (secondary N) is 2. The minimum absolute atomic E-state index is 0.106. The summed E-state index contributed by atoms with van der Waals surface area (Å²) in [7, 11) is 0. The van der Waals surface area contributed by atoms with Gasteiger partial charge in [0.05, 0.1) is 11.3 Å². The summed E-state index contributed by atoms with van der Waals surface area (Å²) in [6.45, 7) is 4.24. The standard InChI is InChI=1S/C21H22N4O2/c1-14-12-15(6-7-19(14)25-10-8-20(26)22-9-11-25)23-13-17-16-4-2-3-5-18(16)24-21(17)27/h2-7,12-13,24,27H,8-11H2,1H3,(H,22,26). The van der Waals surface area contributed by atoms with Crippen molar-refractivity contribution in [3.05, 3.63) is 53.6 Å². The number of anilines is 1. The molecule has 3 aromatic rings. The van der Waals surface area contributed by atoms with Crippen LogP contribution < -0.4 is 10.2 Å². The number of nitrogens with zero attached hydrogens (tertiary/aromatic N) is 2. The lowest BCUT2D eigenvalue weighted by atomic mass is 10.1. The second-order valence-electron chi connectivity index (χ2n) is 6.75. The van der Waals surface area contributed by atoms with Gasteiger partial charge in [-0.15, -0.1) is 0 Å². The molecule has 2 aromatic carbocycles. The predicted octanol–water partition coefficient (Wildman–Crippen LogP) is 3.26. The van der Waals surface area contributed by atoms with Gasteiger partial charge in [-0.25, -0.2) is 0 Å². The number of rotatable bonds is 3. The molecule has 6 heteroatoms. The van der Waals surface area contributed by atoms with E-state index in [-0.39, 0.29) is 11.8 Å². The first-order valence-electron chi connectivity index (χ1n) is 9.08. The normalized spacial score (nSPS) is 15.3. The monoisotopic (exact) mass is 362 g/mol. The summed E-state index contributed by atoms with van der Waals surface area (Å²) < 4.78 is 0. The smallest absolute Gasteiger partial charge is 0.221 e. The van der Waals surface area contributed by atoms with Crippen molar-refractivity contribution in [3.8, 4) is 5.88 Å². The summed E-state index contributed by atoms with van der Waals surface area (Å²) >= 11 is 0. The maximum Gasteiger partial charge on any atom is 0.221 e. The topological polar surface area (TPSA) is 80.7 Å². The van der Waals surface area contributed by atoms with Crippen LogP contribution in [0.1, 0.15) is 17.5 Å². The highest BCUT2D eigenvalue weighted by Gasteiger charge is 2.15. The van der Waals surface area contributed by atoms with Gasteiger partial charge in [0.25, 0.3) is 0 Å². The number of benzene rings is 2. The molecule has 1 aliphatic heterocycles. The Labute approximate surface area is 157 Å². The Hall–Kier alpha value is -3.28. The van der Waals surface area contributed by atoms with Gasteiger partial charge >= 0.3 is 0 Å². The number of hydrogen-bond donors (Lipinski definition) is 3. The maximum atomic E-state index is 11.5. The van der Waals surface area contributed by atoms with Crippen LogP contribution in [0.25, 0.3) is 10.9 Å². The van der Waals surface area contributed by atoms with Gasteiger partial charge in [0.2, 0.25) is 5.91 Å². The van der Waals surface area contributed by atoms with E-state index in [0.29, 0.717) is 18.5 Å². The Kier molecular flexibility index (Phi) is 4.54. The van der Waals surface area contributed by atoms with Gasteiger partial charge in [0, 0.05) is 48.9 Å². The minimum Gasteiger partial charge on any atom is -0.494 e. The number of hydrogen-bond acceptors (Lipinski definition) is 4. The number of aryl methyl sites for hydroxylation is 1. The maximum absolute atomic E-state index is 11.5. The number of aromatic nitrogens is 1. The van der Waals surface area contributed by atoms with Gasteiger partial charge < -0.3 is 20.3 Å². The Morgan fingerprint density at radius 1 is 1.19 bits per heavy atom. The van der Waals surface area contributed by atoms with Gasteiger partial charge in [0.15, 0.2) is 5.88 Å². The van der Waals surface area contributed by atoms with Crippen LogP contribution in [-0.2, 0) is 4.79 Å². The molecule has 3 N–H and O–H groups in total. The summed E-state index contributed by atoms with van der Waals surface area (Å²) in [5.41, 5.74) is 4.63. The third-order valence-electron chi connectivity index (χ3n) is 4.90. The van der Waals surface area contributed by atoms with E-state index in [2.05, 4.69) is 27.1 Å². The molecule has 0 bridgehead atoms. The Morgan fingerprint density at radius 2 is 2.04 bits per heavy atom. The van der Waals surface area contributed by atoms with E-state index < -0.39 is 0 Å². The predicted molar refractivity (Wildman–Crippen MR) is 108 cm³/mol. The van der Waals surface area contributed by atoms with Crippen molar-refractivity contribution >= 4 is 34.4 Å². The summed E-state index contributed by atoms with van der Waals surface area (Å²) in [5.74, 6) is 0.227. The van der Waals surface area contributed by atoms with Crippen LogP contribution in [0.15, 0.2) is 47.5 Å². The minimum atomic E-state index is 0.106. The molecule has 4 rings (SSSR count). The molecule has 0 unspecified atom stereocenters. The van der Waals surface area contributed by atoms with Crippen LogP contribution in [0, 0.1) is 6.92 Å². The molecule has 138 valence electrons. The molecule has 1 amide bonds. The molecule has 0 radical (unpaired) electrons. The largest absolute Gasteiger partial charge is 0.494 e. The quantitative estimate of drug-likeness (QED) is 0.626. The summed E-state index contributed by atoms with van der Waals surface area (Å²) in [5, 5.41) is 14.0. The molecular formula is C21H22N4O2. The van der Waals surface area contributed by atoms with Crippen molar-refractivity contribution in [3.63, 3.8) is 0 Å². The number of aromatic amines is 1. The van der Waals surface area contributed by atoms with E-state index >= 15 is 0 Å². The molecular weight excluding hydrogens is 340 g/mol. The summed E-state index contributed by atoms with van der Waals surface area (Å²) in [6.07, 6.45) is 2.20. The highest BCUT2D eigenvalue weighted by molar-refractivity contribution is 6.02. The van der Waals surface area contributed by atoms with Crippen LogP contribution in [0.5, 0.6) is 5.88 Å². The van der Waals surface area contributed by atoms with E-state index in [1.807, 2.05) is 42.5 Å². The molecule has 27 heavy (non-hydrogen) atoms. The average molecular weight is 362 g/mol. The highest BCUT2D eigenvalue weighted by Crippen LogP contribution is 2.28. The molecule has 6 nitrogen and oxygen atoms in total. The Morgan fingerprint density at radius 3 is 2.89 bits per heavy atom. The van der Waals surface area contributed by atoms with E-state index in [4.69, 9.17) is 0 Å². The number of aliphatic imine (C=N–C) groups is 1. The van der Waals surface area contributed by atoms with Crippen molar-refractivity contribution in [1.82, 2.24) is 10.3 Å². The lowest BCUT2D eigenvalue weighted by Gasteiger charge is -2.24. The van der Waals surface area contributed by atoms with Crippen molar-refractivity contribution < 1.29 is 9.90 Å². The number of aromatic hydroxyl groups is 1. The first kappa shape index (κ1) is 17.1. The van der Waals surface area contributed by atoms with Crippen LogP contribution in [0.2, 0.25) is 0 Å². The molecule has 0 saturated carbocycles. The molecule has 0 spiro atoms. The Balaban J connectivity index is 1.58. The molecule has 1 aromatic heterocycles. The van der Waals surface area contributed by atoms with Crippen LogP contribution in [-0.4, -0.2) is 41.8 Å². The third kappa shape index (κ3) is 3.51. The molecule has 2 heterocycles. The number of amides is 1. The fourth-order valence-electron chi connectivity index (χ4n) is 3.50. The first-order valence-corrected chi connectivity index (χ1v) is 9.08. The molecule has 0 aliphatic carbocycles. The first-order chi connectivity index (χ1) is 13.1. The number of carbonyl (C=O) groups excluding carboxylic acids is 1. The van der Waals surface area contributed by atoms with Crippen LogP contribution in [0.3, 0.4) is 0 Å². The Bertz CT molecular complexity index is 1020. The summed E-state index contributed by atoms with van der Waals surface area (Å²) in [6, 6.07) is 13.8. The molecule has 1 saturated heterocycles. The van der Waals surface area contributed by atoms with Crippen LogP contribution in [0.4, 0.5) is 11.4 Å². The van der Waals surface area contributed by atoms with E-state index in [9.17, 15) is 9.90 Å². The molecule has 0 atom stereocenters. The second kappa shape index (κ2) is 7.15. The summed E-state index contributed by atoms with van der Waals surface area (Å²) in [4.78, 5) is 21.3. The zero-order valence-electron chi connectivity index (χ0n) is 15.2. The zero-order chi connectivity index (χ0) is 18.8. The van der Waals surface area contributed by atoms with Gasteiger partial charge in [-0.05, 0) is 36.8 Å². The molecule has 1 fully saturated rings. The fourth-order valence-corrected chi connectivity index (χ4v) is 3.50. The number of carbonyl (C=O) groups is 1. The SMILES string of the molecule is Cc1cc(N=Cc2c(O)[nH]c3ccccc23)ccc1N1CCNC(=O)CC1. The average Bonchev–Trinajstić information content (AvgIpc) is 2.82. The van der Waals surface area contributed by atoms with Gasteiger partial charge in [-0.1, -0.05) is 18.2 Å². The van der Waals surface area contributed by atoms with Crippen LogP contribution >= 0.6 is 0 Å². The van der Waals surface area contributed by atoms with Gasteiger partial charge in [0.1, 0.15) is 0 Å². The third-order valence-corrected chi connectivity index (χ3v) is 4.90. The number of para-hydroxylation sites is 1. The van der Waals surface area contributed by atoms with E-state index in [0.717, 1.165) is 40.9 Å². The van der Waals surface area contributed by atoms with Gasteiger partial charge in [-0.2, -0.15) is 0 Å². The zero-order valence-corrected chi connectivity index (χ0v) is 15.2. The van der Waals surface area contributed by atoms with E-state index in [1.54, 1.807) is 6.21 Å². The van der Waals surface area contributed by atoms with Crippen molar-refractivity contribution in [2.24, 2.45) is 4.99 Å². The molecule has 1 aliphatic rings. The van der Waals surface area contributed by atoms with E-state index in [1.165, 1.54) is 0 Å². The number of H-pyrrole nitrogens is 1.